The van der Waals surface area contributed by atoms with Gasteiger partial charge in [0.25, 0.3) is 0 Å². The van der Waals surface area contributed by atoms with Gasteiger partial charge in [-0.25, -0.2) is 0 Å². The third kappa shape index (κ3) is 5.66. The molecule has 0 amide bonds. The summed E-state index contributed by atoms with van der Waals surface area (Å²) in [5, 5.41) is 1.53. The SMILES string of the molecule is CC(C)(C)c1ccc2c(c1)-c1cc(C(C)(C)C)ccc1[CH]2[Zr]([C]1=CC=CC1)=[C](c1ccc(Cl)cc1)c1ccc(Cl)cc1. The molecule has 3 heteroatoms. The minimum absolute atomic E-state index is 0.0816. The Morgan fingerprint density at radius 2 is 1.10 bits per heavy atom. The monoisotopic (exact) mass is 666 g/mol. The maximum absolute atomic E-state index is 6.42. The molecule has 6 rings (SSSR count). The van der Waals surface area contributed by atoms with Crippen LogP contribution in [-0.4, -0.2) is 3.21 Å². The van der Waals surface area contributed by atoms with Crippen molar-refractivity contribution >= 4 is 26.4 Å². The summed E-state index contributed by atoms with van der Waals surface area (Å²) < 4.78 is 3.50. The first-order chi connectivity index (χ1) is 19.9. The summed E-state index contributed by atoms with van der Waals surface area (Å²) in [6.07, 6.45) is 8.05. The van der Waals surface area contributed by atoms with E-state index in [-0.39, 0.29) is 10.8 Å². The summed E-state index contributed by atoms with van der Waals surface area (Å²) in [6.45, 7) is 13.9. The third-order valence-electron chi connectivity index (χ3n) is 8.69. The summed E-state index contributed by atoms with van der Waals surface area (Å²) in [7, 11) is 0. The van der Waals surface area contributed by atoms with Crippen molar-refractivity contribution in [3.8, 4) is 11.1 Å². The van der Waals surface area contributed by atoms with Crippen molar-refractivity contribution in [2.24, 2.45) is 0 Å². The molecule has 0 atom stereocenters. The summed E-state index contributed by atoms with van der Waals surface area (Å²) in [5.41, 5.74) is 11.3. The zero-order valence-electron chi connectivity index (χ0n) is 25.4. The minimum atomic E-state index is -2.74. The van der Waals surface area contributed by atoms with Crippen LogP contribution in [0.3, 0.4) is 0 Å². The molecule has 2 aliphatic carbocycles. The molecule has 2 aliphatic rings. The van der Waals surface area contributed by atoms with Crippen LogP contribution in [0.25, 0.3) is 11.1 Å². The Hall–Kier alpha value is -2.31. The second-order valence-electron chi connectivity index (χ2n) is 13.7. The van der Waals surface area contributed by atoms with E-state index < -0.39 is 21.3 Å². The van der Waals surface area contributed by atoms with E-state index in [9.17, 15) is 0 Å². The number of allylic oxidation sites excluding steroid dienone is 4. The van der Waals surface area contributed by atoms with Crippen LogP contribution in [0.1, 0.15) is 85.0 Å². The Kier molecular flexibility index (Phi) is 8.02. The first-order valence-corrected chi connectivity index (χ1v) is 19.5. The summed E-state index contributed by atoms with van der Waals surface area (Å²) in [5.74, 6) is 0. The van der Waals surface area contributed by atoms with Crippen molar-refractivity contribution < 1.29 is 21.3 Å². The van der Waals surface area contributed by atoms with Gasteiger partial charge >= 0.3 is 271 Å². The van der Waals surface area contributed by atoms with Crippen LogP contribution >= 0.6 is 23.2 Å². The predicted molar refractivity (Wildman–Crippen MR) is 179 cm³/mol. The molecule has 0 aromatic heterocycles. The van der Waals surface area contributed by atoms with Crippen molar-refractivity contribution in [3.05, 3.63) is 150 Å². The van der Waals surface area contributed by atoms with E-state index in [1.165, 1.54) is 47.7 Å². The van der Waals surface area contributed by atoms with Crippen molar-refractivity contribution in [3.63, 3.8) is 0 Å². The van der Waals surface area contributed by atoms with Crippen LogP contribution in [0.4, 0.5) is 0 Å². The Morgan fingerprint density at radius 1 is 0.643 bits per heavy atom. The normalized spacial score (nSPS) is 14.5. The molecule has 0 radical (unpaired) electrons. The fraction of sp³-hybridized carbons (Fsp3) is 0.256. The van der Waals surface area contributed by atoms with Gasteiger partial charge in [0.05, 0.1) is 0 Å². The molecule has 0 nitrogen and oxygen atoms in total. The molecule has 0 unspecified atom stereocenters. The first kappa shape index (κ1) is 29.8. The average Bonchev–Trinajstić information content (AvgIpc) is 3.58. The Bertz CT molecular complexity index is 1640. The molecule has 4 aromatic carbocycles. The fourth-order valence-electron chi connectivity index (χ4n) is 6.34. The zero-order valence-corrected chi connectivity index (χ0v) is 29.3. The van der Waals surface area contributed by atoms with E-state index in [1.807, 2.05) is 24.3 Å². The zero-order chi connectivity index (χ0) is 29.8. The third-order valence-corrected chi connectivity index (χ3v) is 17.5. The molecule has 0 fully saturated rings. The van der Waals surface area contributed by atoms with Crippen LogP contribution in [0.2, 0.25) is 10.0 Å². The van der Waals surface area contributed by atoms with Crippen molar-refractivity contribution in [2.75, 3.05) is 0 Å². The van der Waals surface area contributed by atoms with E-state index in [1.54, 1.807) is 3.28 Å². The quantitative estimate of drug-likeness (QED) is 0.203. The molecule has 212 valence electrons. The van der Waals surface area contributed by atoms with Crippen molar-refractivity contribution in [1.29, 1.82) is 0 Å². The first-order valence-electron chi connectivity index (χ1n) is 14.8. The van der Waals surface area contributed by atoms with Crippen LogP contribution in [0.15, 0.2) is 106 Å². The Morgan fingerprint density at radius 3 is 1.48 bits per heavy atom. The van der Waals surface area contributed by atoms with Gasteiger partial charge in [-0.2, -0.15) is 0 Å². The van der Waals surface area contributed by atoms with Crippen LogP contribution in [0, 0.1) is 0 Å². The molecule has 0 saturated carbocycles. The Balaban J connectivity index is 1.71. The number of hydrogen-bond acceptors (Lipinski definition) is 0. The molecule has 0 heterocycles. The second kappa shape index (κ2) is 11.3. The standard InChI is InChI=1S/C21H25.C13H8Cl2.C5H5.Zr/c1-20(2,3)16-9-7-14-11-15-8-10-17(21(4,5)6)13-19(15)18(14)12-16;14-12-5-1-10(2-6-12)9-11-3-7-13(15)8-4-11;1-2-4-5-3-1;/h7-13H,1-6H3;1-8H;1-3H,4H2;. The maximum atomic E-state index is 6.42. The summed E-state index contributed by atoms with van der Waals surface area (Å²) in [4.78, 5) is 0. The van der Waals surface area contributed by atoms with Crippen LogP contribution < -0.4 is 0 Å². The van der Waals surface area contributed by atoms with E-state index >= 15 is 0 Å². The predicted octanol–water partition coefficient (Wildman–Crippen LogP) is 11.4. The van der Waals surface area contributed by atoms with Gasteiger partial charge in [0.1, 0.15) is 0 Å². The molecule has 0 N–H and O–H groups in total. The fourth-order valence-corrected chi connectivity index (χ4v) is 15.6. The molecular formula is C39H38Cl2Zr. The topological polar surface area (TPSA) is 0 Å². The number of hydrogen-bond donors (Lipinski definition) is 0. The van der Waals surface area contributed by atoms with Gasteiger partial charge in [-0.05, 0) is 0 Å². The number of benzene rings is 4. The summed E-state index contributed by atoms with van der Waals surface area (Å²) in [6, 6.07) is 31.7. The molecule has 0 aliphatic heterocycles. The van der Waals surface area contributed by atoms with Gasteiger partial charge in [-0.15, -0.1) is 0 Å². The van der Waals surface area contributed by atoms with Gasteiger partial charge in [0, 0.05) is 0 Å². The van der Waals surface area contributed by atoms with Crippen LogP contribution in [-0.2, 0) is 32.1 Å². The van der Waals surface area contributed by atoms with E-state index in [4.69, 9.17) is 23.2 Å². The molecule has 0 saturated heterocycles. The van der Waals surface area contributed by atoms with Gasteiger partial charge in [-0.1, -0.05) is 0 Å². The van der Waals surface area contributed by atoms with Gasteiger partial charge in [0.2, 0.25) is 0 Å². The van der Waals surface area contributed by atoms with Crippen LogP contribution in [0.5, 0.6) is 0 Å². The van der Waals surface area contributed by atoms with Gasteiger partial charge in [-0.3, -0.25) is 0 Å². The van der Waals surface area contributed by atoms with Crippen molar-refractivity contribution in [1.82, 2.24) is 0 Å². The number of halogens is 2. The Labute approximate surface area is 269 Å². The number of fused-ring (bicyclic) bond motifs is 3. The van der Waals surface area contributed by atoms with E-state index in [2.05, 4.69) is 120 Å². The molecule has 0 spiro atoms. The molecule has 4 aromatic rings. The van der Waals surface area contributed by atoms with E-state index in [0.717, 1.165) is 16.5 Å². The van der Waals surface area contributed by atoms with Gasteiger partial charge < -0.3 is 0 Å². The van der Waals surface area contributed by atoms with Crippen molar-refractivity contribution in [2.45, 2.75) is 62.4 Å². The summed E-state index contributed by atoms with van der Waals surface area (Å²) >= 11 is 10.1. The molecule has 0 bridgehead atoms. The number of rotatable bonds is 4. The second-order valence-corrected chi connectivity index (χ2v) is 20.8. The molecular weight excluding hydrogens is 631 g/mol. The van der Waals surface area contributed by atoms with E-state index in [0.29, 0.717) is 3.63 Å². The van der Waals surface area contributed by atoms with Gasteiger partial charge in [0.15, 0.2) is 0 Å². The molecule has 42 heavy (non-hydrogen) atoms. The average molecular weight is 669 g/mol.